The molecule has 0 nitrogen and oxygen atoms in total. The van der Waals surface area contributed by atoms with Crippen molar-refractivity contribution in [2.45, 2.75) is 19.4 Å². The predicted molar refractivity (Wildman–Crippen MR) is 59.0 cm³/mol. The van der Waals surface area contributed by atoms with Gasteiger partial charge in [-0.05, 0) is 5.54 Å². The molecular weight excluding hydrogens is 184 g/mol. The van der Waals surface area contributed by atoms with Crippen LogP contribution in [0.1, 0.15) is 13.8 Å². The van der Waals surface area contributed by atoms with Crippen molar-refractivity contribution in [3.63, 3.8) is 0 Å². The molecule has 1 atom stereocenters. The van der Waals surface area contributed by atoms with Crippen molar-refractivity contribution in [2.75, 3.05) is 5.50 Å². The minimum atomic E-state index is -0.879. The lowest BCUT2D eigenvalue weighted by Gasteiger charge is -2.15. The summed E-state index contributed by atoms with van der Waals surface area (Å²) in [6.07, 6.45) is 0. The second-order valence-electron chi connectivity index (χ2n) is 3.42. The lowest BCUT2D eigenvalue weighted by atomic mass is 10.4. The van der Waals surface area contributed by atoms with Crippen LogP contribution < -0.4 is 5.19 Å². The second-order valence-corrected chi connectivity index (χ2v) is 7.86. The normalized spacial score (nSPS) is 13.3. The number of benzene rings is 1. The topological polar surface area (TPSA) is 0 Å². The van der Waals surface area contributed by atoms with E-state index in [1.54, 1.807) is 0 Å². The minimum Gasteiger partial charge on any atom is -0.130 e. The molecule has 0 aliphatic carbocycles. The quantitative estimate of drug-likeness (QED) is 0.517. The maximum atomic E-state index is 5.96. The Balaban J connectivity index is 2.80. The third-order valence-electron chi connectivity index (χ3n) is 2.20. The summed E-state index contributed by atoms with van der Waals surface area (Å²) in [5.74, 6) is 0. The van der Waals surface area contributed by atoms with Gasteiger partial charge < -0.3 is 0 Å². The van der Waals surface area contributed by atoms with Gasteiger partial charge in [0.25, 0.3) is 0 Å². The van der Waals surface area contributed by atoms with Crippen LogP contribution in [0, 0.1) is 0 Å². The molecule has 0 spiro atoms. The average molecular weight is 199 g/mol. The maximum Gasteiger partial charge on any atom is 0.0892 e. The molecule has 12 heavy (non-hydrogen) atoms. The Hall–Kier alpha value is -0.273. The summed E-state index contributed by atoms with van der Waals surface area (Å²) in [5, 5.41) is 1.49. The molecule has 66 valence electrons. The molecule has 0 aliphatic heterocycles. The van der Waals surface area contributed by atoms with Gasteiger partial charge in [0.1, 0.15) is 0 Å². The van der Waals surface area contributed by atoms with Gasteiger partial charge in [-0.3, -0.25) is 0 Å². The van der Waals surface area contributed by atoms with Crippen LogP contribution in [0.2, 0.25) is 5.54 Å². The monoisotopic (exact) mass is 198 g/mol. The molecule has 0 amide bonds. The molecule has 0 aromatic heterocycles. The van der Waals surface area contributed by atoms with Crippen molar-refractivity contribution in [3.8, 4) is 0 Å². The van der Waals surface area contributed by atoms with E-state index in [-0.39, 0.29) is 0 Å². The van der Waals surface area contributed by atoms with Gasteiger partial charge in [0, 0.05) is 5.50 Å². The highest BCUT2D eigenvalue weighted by Crippen LogP contribution is 2.08. The number of hydrogen-bond acceptors (Lipinski definition) is 0. The van der Waals surface area contributed by atoms with Gasteiger partial charge in [-0.1, -0.05) is 49.4 Å². The highest BCUT2D eigenvalue weighted by Gasteiger charge is 2.15. The van der Waals surface area contributed by atoms with Crippen LogP contribution in [0.4, 0.5) is 0 Å². The molecule has 0 saturated heterocycles. The van der Waals surface area contributed by atoms with E-state index in [1.165, 1.54) is 5.19 Å². The lowest BCUT2D eigenvalue weighted by molar-refractivity contribution is 1.05. The molecule has 0 bridgehead atoms. The molecule has 1 rings (SSSR count). The summed E-state index contributed by atoms with van der Waals surface area (Å²) in [4.78, 5) is 0. The van der Waals surface area contributed by atoms with E-state index in [4.69, 9.17) is 11.6 Å². The number of halogens is 1. The van der Waals surface area contributed by atoms with Crippen LogP contribution in [0.3, 0.4) is 0 Å². The van der Waals surface area contributed by atoms with Crippen LogP contribution in [0.15, 0.2) is 30.3 Å². The van der Waals surface area contributed by atoms with E-state index < -0.39 is 8.80 Å². The fourth-order valence-corrected chi connectivity index (χ4v) is 4.98. The van der Waals surface area contributed by atoms with E-state index in [0.717, 1.165) is 11.0 Å². The van der Waals surface area contributed by atoms with Gasteiger partial charge >= 0.3 is 0 Å². The van der Waals surface area contributed by atoms with E-state index in [2.05, 4.69) is 44.2 Å². The fraction of sp³-hybridized carbons (Fsp3) is 0.400. The average Bonchev–Trinajstić information content (AvgIpc) is 2.07. The molecule has 0 radical (unpaired) electrons. The van der Waals surface area contributed by atoms with Crippen molar-refractivity contribution >= 4 is 25.6 Å². The zero-order valence-corrected chi connectivity index (χ0v) is 9.54. The standard InChI is InChI=1S/C10H15ClSi/c1-9(2)12(8-11)10-6-4-3-5-7-10/h3-7,9,12H,8H2,1-2H3. The highest BCUT2D eigenvalue weighted by atomic mass is 35.5. The van der Waals surface area contributed by atoms with E-state index in [1.807, 2.05) is 0 Å². The molecule has 1 unspecified atom stereocenters. The third kappa shape index (κ3) is 2.36. The first-order valence-corrected chi connectivity index (χ1v) is 6.96. The predicted octanol–water partition coefficient (Wildman–Crippen LogP) is 2.31. The summed E-state index contributed by atoms with van der Waals surface area (Å²) in [5.41, 5.74) is 1.60. The summed E-state index contributed by atoms with van der Waals surface area (Å²) >= 11 is 5.96. The zero-order valence-electron chi connectivity index (χ0n) is 7.63. The SMILES string of the molecule is CC(C)[SiH](CCl)c1ccccc1. The van der Waals surface area contributed by atoms with Crippen LogP contribution in [0.5, 0.6) is 0 Å². The van der Waals surface area contributed by atoms with Crippen molar-refractivity contribution < 1.29 is 0 Å². The van der Waals surface area contributed by atoms with Crippen molar-refractivity contribution in [3.05, 3.63) is 30.3 Å². The fourth-order valence-electron chi connectivity index (χ4n) is 1.35. The number of hydrogen-bond donors (Lipinski definition) is 0. The molecule has 1 aromatic rings. The van der Waals surface area contributed by atoms with Crippen molar-refractivity contribution in [1.29, 1.82) is 0 Å². The largest absolute Gasteiger partial charge is 0.130 e. The van der Waals surface area contributed by atoms with E-state index in [9.17, 15) is 0 Å². The number of alkyl halides is 1. The van der Waals surface area contributed by atoms with Gasteiger partial charge in [0.15, 0.2) is 0 Å². The first-order valence-electron chi connectivity index (χ1n) is 4.36. The van der Waals surface area contributed by atoms with Crippen molar-refractivity contribution in [2.24, 2.45) is 0 Å². The first-order chi connectivity index (χ1) is 5.75. The Morgan fingerprint density at radius 1 is 1.25 bits per heavy atom. The minimum absolute atomic E-state index is 0.755. The summed E-state index contributed by atoms with van der Waals surface area (Å²) in [6, 6.07) is 10.7. The Labute approximate surface area is 81.2 Å². The molecule has 0 N–H and O–H groups in total. The Kier molecular flexibility index (Phi) is 3.83. The smallest absolute Gasteiger partial charge is 0.0892 e. The van der Waals surface area contributed by atoms with Crippen LogP contribution in [-0.4, -0.2) is 14.3 Å². The molecule has 0 saturated carbocycles. The van der Waals surface area contributed by atoms with E-state index >= 15 is 0 Å². The van der Waals surface area contributed by atoms with Crippen LogP contribution in [0.25, 0.3) is 0 Å². The Morgan fingerprint density at radius 2 is 1.83 bits per heavy atom. The van der Waals surface area contributed by atoms with Gasteiger partial charge in [-0.15, -0.1) is 11.6 Å². The molecule has 0 heterocycles. The Morgan fingerprint density at radius 3 is 2.25 bits per heavy atom. The summed E-state index contributed by atoms with van der Waals surface area (Å²) < 4.78 is 0. The van der Waals surface area contributed by atoms with Crippen LogP contribution >= 0.6 is 11.6 Å². The molecule has 0 aliphatic rings. The molecular formula is C10H15ClSi. The molecule has 1 aromatic carbocycles. The van der Waals surface area contributed by atoms with Gasteiger partial charge in [0.2, 0.25) is 0 Å². The summed E-state index contributed by atoms with van der Waals surface area (Å²) in [6.45, 7) is 4.54. The zero-order chi connectivity index (χ0) is 8.97. The third-order valence-corrected chi connectivity index (χ3v) is 6.38. The second kappa shape index (κ2) is 4.68. The summed E-state index contributed by atoms with van der Waals surface area (Å²) in [7, 11) is -0.879. The Bertz CT molecular complexity index is 221. The van der Waals surface area contributed by atoms with Gasteiger partial charge in [-0.25, -0.2) is 0 Å². The highest BCUT2D eigenvalue weighted by molar-refractivity contribution is 6.80. The van der Waals surface area contributed by atoms with Crippen molar-refractivity contribution in [1.82, 2.24) is 0 Å². The van der Waals surface area contributed by atoms with Gasteiger partial charge in [0.05, 0.1) is 8.80 Å². The maximum absolute atomic E-state index is 5.96. The molecule has 2 heteroatoms. The van der Waals surface area contributed by atoms with Crippen LogP contribution in [-0.2, 0) is 0 Å². The molecule has 0 fully saturated rings. The number of rotatable bonds is 3. The lowest BCUT2D eigenvalue weighted by Crippen LogP contribution is -2.34. The van der Waals surface area contributed by atoms with Gasteiger partial charge in [-0.2, -0.15) is 0 Å². The van der Waals surface area contributed by atoms with E-state index in [0.29, 0.717) is 0 Å². The first kappa shape index (κ1) is 9.81.